The highest BCUT2D eigenvalue weighted by Crippen LogP contribution is 2.33. The third kappa shape index (κ3) is 3.86. The van der Waals surface area contributed by atoms with Crippen molar-refractivity contribution in [1.82, 2.24) is 10.4 Å². The summed E-state index contributed by atoms with van der Waals surface area (Å²) in [6.45, 7) is 2.06. The van der Waals surface area contributed by atoms with Crippen LogP contribution in [0.5, 0.6) is 0 Å². The standard InChI is InChI=1S/C20H21N3OS2/c1-13-6-9-15(10-7-13)25-12-18(24)22-23-20-21-19-16-5-3-2-4-14(16)8-11-17(19)26-20/h6-11H,2-5,12H2,1H3,(H,21,23)(H,22,24). The Hall–Kier alpha value is -2.05. The first-order valence-electron chi connectivity index (χ1n) is 8.85. The van der Waals surface area contributed by atoms with E-state index in [9.17, 15) is 4.79 Å². The van der Waals surface area contributed by atoms with Crippen molar-refractivity contribution >= 4 is 44.4 Å². The van der Waals surface area contributed by atoms with Crippen LogP contribution in [0, 0.1) is 6.92 Å². The Labute approximate surface area is 161 Å². The van der Waals surface area contributed by atoms with Gasteiger partial charge in [-0.3, -0.25) is 15.6 Å². The van der Waals surface area contributed by atoms with E-state index < -0.39 is 0 Å². The molecule has 134 valence electrons. The Kier molecular flexibility index (Phi) is 5.13. The number of benzene rings is 2. The van der Waals surface area contributed by atoms with E-state index >= 15 is 0 Å². The van der Waals surface area contributed by atoms with E-state index in [0.717, 1.165) is 28.4 Å². The summed E-state index contributed by atoms with van der Waals surface area (Å²) in [5.41, 5.74) is 10.9. The minimum atomic E-state index is -0.0585. The first kappa shape index (κ1) is 17.4. The Morgan fingerprint density at radius 1 is 1.15 bits per heavy atom. The number of aryl methyl sites for hydroxylation is 3. The molecule has 0 fully saturated rings. The Balaban J connectivity index is 1.36. The van der Waals surface area contributed by atoms with Crippen molar-refractivity contribution in [3.05, 3.63) is 53.1 Å². The van der Waals surface area contributed by atoms with Crippen LogP contribution in [0.15, 0.2) is 41.3 Å². The van der Waals surface area contributed by atoms with Crippen LogP contribution in [-0.2, 0) is 17.6 Å². The van der Waals surface area contributed by atoms with E-state index in [2.05, 4.69) is 42.0 Å². The van der Waals surface area contributed by atoms with Gasteiger partial charge >= 0.3 is 0 Å². The summed E-state index contributed by atoms with van der Waals surface area (Å²) in [6.07, 6.45) is 4.76. The molecule has 0 spiro atoms. The van der Waals surface area contributed by atoms with Crippen LogP contribution in [-0.4, -0.2) is 16.6 Å². The number of thioether (sulfide) groups is 1. The van der Waals surface area contributed by atoms with Gasteiger partial charge in [-0.15, -0.1) is 11.8 Å². The zero-order chi connectivity index (χ0) is 17.9. The third-order valence-corrected chi connectivity index (χ3v) is 6.53. The van der Waals surface area contributed by atoms with Gasteiger partial charge in [-0.25, -0.2) is 4.98 Å². The number of hydrazine groups is 1. The van der Waals surface area contributed by atoms with E-state index in [-0.39, 0.29) is 5.91 Å². The molecule has 0 unspecified atom stereocenters. The van der Waals surface area contributed by atoms with Gasteiger partial charge in [-0.05, 0) is 61.9 Å². The molecule has 1 heterocycles. The number of hydrogen-bond donors (Lipinski definition) is 2. The number of carbonyl (C=O) groups excluding carboxylic acids is 1. The zero-order valence-corrected chi connectivity index (χ0v) is 16.3. The number of thiazole rings is 1. The zero-order valence-electron chi connectivity index (χ0n) is 14.7. The van der Waals surface area contributed by atoms with Gasteiger partial charge in [0, 0.05) is 4.90 Å². The maximum atomic E-state index is 12.1. The predicted molar refractivity (Wildman–Crippen MR) is 110 cm³/mol. The summed E-state index contributed by atoms with van der Waals surface area (Å²) in [6, 6.07) is 12.6. The van der Waals surface area contributed by atoms with Gasteiger partial charge < -0.3 is 0 Å². The van der Waals surface area contributed by atoms with Crippen LogP contribution in [0.25, 0.3) is 10.2 Å². The number of nitrogens with one attached hydrogen (secondary N) is 2. The molecule has 0 saturated heterocycles. The fourth-order valence-corrected chi connectivity index (χ4v) is 4.76. The lowest BCUT2D eigenvalue weighted by molar-refractivity contribution is -0.118. The summed E-state index contributed by atoms with van der Waals surface area (Å²) >= 11 is 3.11. The van der Waals surface area contributed by atoms with Crippen molar-refractivity contribution in [2.75, 3.05) is 11.2 Å². The molecule has 26 heavy (non-hydrogen) atoms. The molecule has 0 saturated carbocycles. The van der Waals surface area contributed by atoms with E-state index in [1.165, 1.54) is 46.0 Å². The van der Waals surface area contributed by atoms with Gasteiger partial charge in [0.2, 0.25) is 11.0 Å². The number of rotatable bonds is 5. The average Bonchev–Trinajstić information content (AvgIpc) is 3.09. The molecule has 1 aliphatic rings. The molecule has 1 amide bonds. The molecule has 1 aliphatic carbocycles. The van der Waals surface area contributed by atoms with E-state index in [0.29, 0.717) is 5.75 Å². The first-order valence-corrected chi connectivity index (χ1v) is 10.6. The van der Waals surface area contributed by atoms with Gasteiger partial charge in [0.25, 0.3) is 0 Å². The van der Waals surface area contributed by atoms with E-state index in [1.54, 1.807) is 11.3 Å². The summed E-state index contributed by atoms with van der Waals surface area (Å²) in [4.78, 5) is 17.9. The Morgan fingerprint density at radius 3 is 2.81 bits per heavy atom. The molecule has 4 nitrogen and oxygen atoms in total. The minimum Gasteiger partial charge on any atom is -0.273 e. The maximum absolute atomic E-state index is 12.1. The predicted octanol–water partition coefficient (Wildman–Crippen LogP) is 4.72. The normalized spacial score (nSPS) is 13.4. The number of aromatic nitrogens is 1. The summed E-state index contributed by atoms with van der Waals surface area (Å²) in [7, 11) is 0. The van der Waals surface area contributed by atoms with Crippen LogP contribution in [0.1, 0.15) is 29.5 Å². The van der Waals surface area contributed by atoms with Gasteiger partial charge in [0.05, 0.1) is 16.0 Å². The van der Waals surface area contributed by atoms with Crippen molar-refractivity contribution in [3.8, 4) is 0 Å². The highest BCUT2D eigenvalue weighted by Gasteiger charge is 2.15. The van der Waals surface area contributed by atoms with Crippen molar-refractivity contribution in [2.24, 2.45) is 0 Å². The molecule has 2 aromatic carbocycles. The summed E-state index contributed by atoms with van der Waals surface area (Å²) in [5, 5.41) is 0.743. The lowest BCUT2D eigenvalue weighted by Gasteiger charge is -2.15. The molecule has 1 aromatic heterocycles. The van der Waals surface area contributed by atoms with Crippen LogP contribution in [0.3, 0.4) is 0 Å². The van der Waals surface area contributed by atoms with E-state index in [1.807, 2.05) is 12.1 Å². The number of amides is 1. The van der Waals surface area contributed by atoms with Gasteiger partial charge in [-0.2, -0.15) is 0 Å². The fraction of sp³-hybridized carbons (Fsp3) is 0.300. The van der Waals surface area contributed by atoms with Crippen molar-refractivity contribution in [3.63, 3.8) is 0 Å². The number of carbonyl (C=O) groups is 1. The number of nitrogens with zero attached hydrogens (tertiary/aromatic N) is 1. The molecule has 6 heteroatoms. The minimum absolute atomic E-state index is 0.0585. The van der Waals surface area contributed by atoms with Crippen LogP contribution < -0.4 is 10.9 Å². The molecule has 0 aliphatic heterocycles. The largest absolute Gasteiger partial charge is 0.273 e. The monoisotopic (exact) mass is 383 g/mol. The second-order valence-electron chi connectivity index (χ2n) is 6.55. The smallest absolute Gasteiger partial charge is 0.248 e. The quantitative estimate of drug-likeness (QED) is 0.494. The average molecular weight is 384 g/mol. The molecule has 0 radical (unpaired) electrons. The molecule has 0 bridgehead atoms. The molecule has 3 aromatic rings. The Bertz CT molecular complexity index is 934. The molecule has 4 rings (SSSR count). The second kappa shape index (κ2) is 7.68. The third-order valence-electron chi connectivity index (χ3n) is 4.59. The molecule has 0 atom stereocenters. The van der Waals surface area contributed by atoms with Gasteiger partial charge in [0.1, 0.15) is 0 Å². The van der Waals surface area contributed by atoms with Gasteiger partial charge in [-0.1, -0.05) is 35.1 Å². The maximum Gasteiger partial charge on any atom is 0.248 e. The van der Waals surface area contributed by atoms with Crippen LogP contribution in [0.4, 0.5) is 5.13 Å². The molecular formula is C20H21N3OS2. The van der Waals surface area contributed by atoms with Crippen molar-refractivity contribution in [1.29, 1.82) is 0 Å². The SMILES string of the molecule is Cc1ccc(SCC(=O)NNc2nc3c4c(ccc3s2)CCCC4)cc1. The lowest BCUT2D eigenvalue weighted by Crippen LogP contribution is -2.30. The van der Waals surface area contributed by atoms with Gasteiger partial charge in [0.15, 0.2) is 0 Å². The lowest BCUT2D eigenvalue weighted by atomic mass is 9.91. The highest BCUT2D eigenvalue weighted by atomic mass is 32.2. The topological polar surface area (TPSA) is 54.0 Å². The van der Waals surface area contributed by atoms with Crippen molar-refractivity contribution < 1.29 is 4.79 Å². The van der Waals surface area contributed by atoms with E-state index in [4.69, 9.17) is 4.98 Å². The first-order chi connectivity index (χ1) is 12.7. The van der Waals surface area contributed by atoms with Crippen LogP contribution in [0.2, 0.25) is 0 Å². The fourth-order valence-electron chi connectivity index (χ4n) is 3.22. The number of anilines is 1. The summed E-state index contributed by atoms with van der Waals surface area (Å²) in [5.74, 6) is 0.313. The number of hydrogen-bond acceptors (Lipinski definition) is 5. The van der Waals surface area contributed by atoms with Crippen molar-refractivity contribution in [2.45, 2.75) is 37.5 Å². The number of fused-ring (bicyclic) bond motifs is 3. The Morgan fingerprint density at radius 2 is 1.96 bits per heavy atom. The highest BCUT2D eigenvalue weighted by molar-refractivity contribution is 8.00. The summed E-state index contributed by atoms with van der Waals surface area (Å²) < 4.78 is 1.18. The molecular weight excluding hydrogens is 362 g/mol. The molecule has 2 N–H and O–H groups in total. The van der Waals surface area contributed by atoms with Crippen LogP contribution >= 0.6 is 23.1 Å². The second-order valence-corrected chi connectivity index (χ2v) is 8.63.